The van der Waals surface area contributed by atoms with Crippen LogP contribution in [0, 0.1) is 18.3 Å². The quantitative estimate of drug-likeness (QED) is 0.481. The number of benzene rings is 1. The summed E-state index contributed by atoms with van der Waals surface area (Å²) >= 11 is 0. The lowest BCUT2D eigenvalue weighted by atomic mass is 9.87. The molecule has 2 amide bonds. The third-order valence-electron chi connectivity index (χ3n) is 7.43. The SMILES string of the molecule is CC(=O)N1C[C@@H](NC(=O)c2c(C)[nH]c3c(-c4cc(C(F)(F)F)ccc4OCC4CC4)ncnc23)C(C)(C)C1. The fourth-order valence-corrected chi connectivity index (χ4v) is 4.96. The van der Waals surface area contributed by atoms with Crippen LogP contribution in [0.4, 0.5) is 13.2 Å². The van der Waals surface area contributed by atoms with Gasteiger partial charge in [-0.3, -0.25) is 9.59 Å². The molecule has 1 aliphatic carbocycles. The number of rotatable bonds is 6. The summed E-state index contributed by atoms with van der Waals surface area (Å²) in [5.74, 6) is 0.255. The average Bonchev–Trinajstić information content (AvgIpc) is 3.53. The number of ether oxygens (including phenoxy) is 1. The smallest absolute Gasteiger partial charge is 0.416 e. The van der Waals surface area contributed by atoms with E-state index in [4.69, 9.17) is 4.74 Å². The third kappa shape index (κ3) is 4.93. The Kier molecular flexibility index (Phi) is 6.35. The maximum atomic E-state index is 13.6. The van der Waals surface area contributed by atoms with Crippen molar-refractivity contribution in [3.8, 4) is 17.0 Å². The predicted molar refractivity (Wildman–Crippen MR) is 135 cm³/mol. The van der Waals surface area contributed by atoms with Crippen LogP contribution in [0.2, 0.25) is 0 Å². The standard InChI is InChI=1S/C27H30F3N5O3/c1-14-21(25(37)34-20-10-35(15(2)36)12-26(20,3)4)23-24(33-14)22(31-13-32-23)18-9-17(27(28,29)30)7-8-19(18)38-11-16-5-6-16/h7-9,13,16,20,33H,5-6,10-12H2,1-4H3,(H,34,37)/t20-/m1/s1. The second-order valence-electron chi connectivity index (χ2n) is 10.9. The molecule has 2 fully saturated rings. The van der Waals surface area contributed by atoms with Gasteiger partial charge in [-0.2, -0.15) is 13.2 Å². The maximum Gasteiger partial charge on any atom is 0.416 e. The second-order valence-corrected chi connectivity index (χ2v) is 10.9. The van der Waals surface area contributed by atoms with Gasteiger partial charge < -0.3 is 19.9 Å². The molecule has 8 nitrogen and oxygen atoms in total. The fraction of sp³-hybridized carbons (Fsp3) is 0.481. The molecule has 0 bridgehead atoms. The highest BCUT2D eigenvalue weighted by atomic mass is 19.4. The molecule has 2 aromatic heterocycles. The van der Waals surface area contributed by atoms with Gasteiger partial charge in [-0.1, -0.05) is 13.8 Å². The number of halogens is 3. The van der Waals surface area contributed by atoms with E-state index in [-0.39, 0.29) is 40.1 Å². The summed E-state index contributed by atoms with van der Waals surface area (Å²) in [4.78, 5) is 38.8. The van der Waals surface area contributed by atoms with Crippen molar-refractivity contribution in [3.63, 3.8) is 0 Å². The summed E-state index contributed by atoms with van der Waals surface area (Å²) in [5, 5.41) is 3.04. The van der Waals surface area contributed by atoms with Gasteiger partial charge in [0.15, 0.2) is 0 Å². The molecule has 1 atom stereocenters. The Bertz CT molecular complexity index is 1410. The molecule has 0 spiro atoms. The molecular weight excluding hydrogens is 499 g/mol. The van der Waals surface area contributed by atoms with Crippen molar-refractivity contribution < 1.29 is 27.5 Å². The lowest BCUT2D eigenvalue weighted by molar-refractivity contribution is -0.137. The first kappa shape index (κ1) is 26.0. The van der Waals surface area contributed by atoms with Gasteiger partial charge in [0.25, 0.3) is 5.91 Å². The van der Waals surface area contributed by atoms with Crippen LogP contribution in [0.15, 0.2) is 24.5 Å². The van der Waals surface area contributed by atoms with Crippen molar-refractivity contribution in [2.45, 2.75) is 52.8 Å². The molecular formula is C27H30F3N5O3. The van der Waals surface area contributed by atoms with Crippen LogP contribution in [-0.4, -0.2) is 57.4 Å². The number of carbonyl (C=O) groups is 2. The molecule has 38 heavy (non-hydrogen) atoms. The van der Waals surface area contributed by atoms with E-state index < -0.39 is 11.7 Å². The van der Waals surface area contributed by atoms with Gasteiger partial charge in [0, 0.05) is 36.7 Å². The van der Waals surface area contributed by atoms with Crippen molar-refractivity contribution in [2.24, 2.45) is 11.3 Å². The lowest BCUT2D eigenvalue weighted by Gasteiger charge is -2.26. The Hall–Kier alpha value is -3.63. The topological polar surface area (TPSA) is 100 Å². The maximum absolute atomic E-state index is 13.6. The molecule has 1 aliphatic heterocycles. The molecule has 0 unspecified atom stereocenters. The zero-order valence-corrected chi connectivity index (χ0v) is 21.7. The predicted octanol–water partition coefficient (Wildman–Crippen LogP) is 4.73. The number of hydrogen-bond donors (Lipinski definition) is 2. The first-order valence-electron chi connectivity index (χ1n) is 12.6. The number of aryl methyl sites for hydroxylation is 1. The molecule has 2 N–H and O–H groups in total. The van der Waals surface area contributed by atoms with Crippen LogP contribution >= 0.6 is 0 Å². The Balaban J connectivity index is 1.53. The van der Waals surface area contributed by atoms with Crippen molar-refractivity contribution in [2.75, 3.05) is 19.7 Å². The van der Waals surface area contributed by atoms with Gasteiger partial charge in [-0.25, -0.2) is 9.97 Å². The van der Waals surface area contributed by atoms with Gasteiger partial charge >= 0.3 is 6.18 Å². The number of nitrogens with one attached hydrogen (secondary N) is 2. The van der Waals surface area contributed by atoms with Crippen LogP contribution in [-0.2, 0) is 11.0 Å². The van der Waals surface area contributed by atoms with Crippen molar-refractivity contribution in [1.82, 2.24) is 25.2 Å². The van der Waals surface area contributed by atoms with E-state index in [9.17, 15) is 22.8 Å². The first-order chi connectivity index (χ1) is 17.8. The minimum Gasteiger partial charge on any atom is -0.493 e. The minimum absolute atomic E-state index is 0.0590. The number of likely N-dealkylation sites (tertiary alicyclic amines) is 1. The summed E-state index contributed by atoms with van der Waals surface area (Å²) in [5.41, 5.74) is 0.675. The van der Waals surface area contributed by atoms with E-state index in [1.54, 1.807) is 11.8 Å². The van der Waals surface area contributed by atoms with Gasteiger partial charge in [0.2, 0.25) is 5.91 Å². The van der Waals surface area contributed by atoms with E-state index in [1.807, 2.05) is 13.8 Å². The van der Waals surface area contributed by atoms with E-state index in [0.29, 0.717) is 48.1 Å². The van der Waals surface area contributed by atoms with Crippen molar-refractivity contribution >= 4 is 22.8 Å². The van der Waals surface area contributed by atoms with E-state index >= 15 is 0 Å². The van der Waals surface area contributed by atoms with Gasteiger partial charge in [0.1, 0.15) is 23.3 Å². The van der Waals surface area contributed by atoms with E-state index in [0.717, 1.165) is 25.0 Å². The van der Waals surface area contributed by atoms with E-state index in [2.05, 4.69) is 20.3 Å². The number of nitrogens with zero attached hydrogens (tertiary/aromatic N) is 3. The third-order valence-corrected chi connectivity index (χ3v) is 7.43. The molecule has 3 heterocycles. The van der Waals surface area contributed by atoms with Gasteiger partial charge in [-0.15, -0.1) is 0 Å². The number of fused-ring (bicyclic) bond motifs is 1. The molecule has 1 aromatic carbocycles. The normalized spacial score (nSPS) is 19.1. The zero-order chi connectivity index (χ0) is 27.4. The lowest BCUT2D eigenvalue weighted by Crippen LogP contribution is -2.44. The molecule has 2 aliphatic rings. The highest BCUT2D eigenvalue weighted by molar-refractivity contribution is 6.09. The number of hydrogen-bond acceptors (Lipinski definition) is 5. The van der Waals surface area contributed by atoms with Crippen LogP contribution in [0.3, 0.4) is 0 Å². The summed E-state index contributed by atoms with van der Waals surface area (Å²) in [6.07, 6.45) is -1.24. The van der Waals surface area contributed by atoms with Crippen molar-refractivity contribution in [1.29, 1.82) is 0 Å². The molecule has 1 saturated heterocycles. The molecule has 3 aromatic rings. The number of H-pyrrole nitrogens is 1. The molecule has 202 valence electrons. The number of amides is 2. The molecule has 11 heteroatoms. The van der Waals surface area contributed by atoms with Gasteiger partial charge in [0.05, 0.1) is 29.3 Å². The summed E-state index contributed by atoms with van der Waals surface area (Å²) in [7, 11) is 0. The Labute approximate surface area is 218 Å². The van der Waals surface area contributed by atoms with Crippen molar-refractivity contribution in [3.05, 3.63) is 41.3 Å². The molecule has 1 saturated carbocycles. The Morgan fingerprint density at radius 2 is 1.97 bits per heavy atom. The zero-order valence-electron chi connectivity index (χ0n) is 21.7. The number of aromatic nitrogens is 3. The van der Waals surface area contributed by atoms with Gasteiger partial charge in [-0.05, 0) is 43.9 Å². The summed E-state index contributed by atoms with van der Waals surface area (Å²) < 4.78 is 46.7. The average molecular weight is 530 g/mol. The van der Waals surface area contributed by atoms with E-state index in [1.165, 1.54) is 19.3 Å². The summed E-state index contributed by atoms with van der Waals surface area (Å²) in [6.45, 7) is 8.50. The molecule has 0 radical (unpaired) electrons. The van der Waals surface area contributed by atoms with Crippen LogP contribution in [0.25, 0.3) is 22.3 Å². The molecule has 5 rings (SSSR count). The largest absolute Gasteiger partial charge is 0.493 e. The van der Waals surface area contributed by atoms with Crippen LogP contribution in [0.5, 0.6) is 5.75 Å². The van der Waals surface area contributed by atoms with Crippen LogP contribution < -0.4 is 10.1 Å². The fourth-order valence-electron chi connectivity index (χ4n) is 4.96. The number of carbonyl (C=O) groups excluding carboxylic acids is 2. The second kappa shape index (κ2) is 9.28. The highest BCUT2D eigenvalue weighted by Gasteiger charge is 2.42. The summed E-state index contributed by atoms with van der Waals surface area (Å²) in [6, 6.07) is 3.06. The number of aromatic amines is 1. The van der Waals surface area contributed by atoms with Crippen LogP contribution in [0.1, 0.15) is 55.2 Å². The minimum atomic E-state index is -4.55. The Morgan fingerprint density at radius 3 is 2.61 bits per heavy atom. The monoisotopic (exact) mass is 529 g/mol. The number of alkyl halides is 3. The Morgan fingerprint density at radius 1 is 1.24 bits per heavy atom. The first-order valence-corrected chi connectivity index (χ1v) is 12.6. The highest BCUT2D eigenvalue weighted by Crippen LogP contribution is 2.40.